The number of fused-ring (bicyclic) bond motifs is 1. The summed E-state index contributed by atoms with van der Waals surface area (Å²) in [5.74, 6) is 0.868. The van der Waals surface area contributed by atoms with Gasteiger partial charge in [0.25, 0.3) is 5.56 Å². The predicted molar refractivity (Wildman–Crippen MR) is 119 cm³/mol. The lowest BCUT2D eigenvalue weighted by molar-refractivity contribution is 0.102. The average Bonchev–Trinajstić information content (AvgIpc) is 3.10. The summed E-state index contributed by atoms with van der Waals surface area (Å²) in [6.07, 6.45) is 0. The standard InChI is InChI=1S/C23H21N3O3S/c1-14-12-19(15(2)24-14)21(27)13-30-23-25-20-7-5-4-6-18(20)22(28)26(23)16-8-10-17(29-3)11-9-16/h4-12,24H,13H2,1-3H3. The van der Waals surface area contributed by atoms with Gasteiger partial charge in [0.05, 0.1) is 29.5 Å². The molecule has 0 spiro atoms. The highest BCUT2D eigenvalue weighted by Gasteiger charge is 2.17. The van der Waals surface area contributed by atoms with Crippen molar-refractivity contribution in [1.29, 1.82) is 0 Å². The molecule has 0 atom stereocenters. The molecule has 4 aromatic rings. The monoisotopic (exact) mass is 419 g/mol. The Labute approximate surface area is 177 Å². The number of methoxy groups -OCH3 is 1. The molecule has 0 radical (unpaired) electrons. The lowest BCUT2D eigenvalue weighted by atomic mass is 10.2. The van der Waals surface area contributed by atoms with Crippen LogP contribution in [0.3, 0.4) is 0 Å². The zero-order valence-corrected chi connectivity index (χ0v) is 17.7. The Morgan fingerprint density at radius 1 is 1.13 bits per heavy atom. The summed E-state index contributed by atoms with van der Waals surface area (Å²) in [7, 11) is 1.59. The largest absolute Gasteiger partial charge is 0.497 e. The van der Waals surface area contributed by atoms with Gasteiger partial charge in [0.2, 0.25) is 0 Å². The summed E-state index contributed by atoms with van der Waals surface area (Å²) in [6, 6.07) is 16.3. The molecule has 0 unspecified atom stereocenters. The van der Waals surface area contributed by atoms with E-state index in [4.69, 9.17) is 4.74 Å². The third kappa shape index (κ3) is 3.76. The number of nitrogens with one attached hydrogen (secondary N) is 1. The highest BCUT2D eigenvalue weighted by Crippen LogP contribution is 2.24. The SMILES string of the molecule is COc1ccc(-n2c(SCC(=O)c3cc(C)[nH]c3C)nc3ccccc3c2=O)cc1. The first-order valence-corrected chi connectivity index (χ1v) is 10.4. The van der Waals surface area contributed by atoms with E-state index in [1.54, 1.807) is 35.9 Å². The van der Waals surface area contributed by atoms with Crippen molar-refractivity contribution in [2.75, 3.05) is 12.9 Å². The fraction of sp³-hybridized carbons (Fsp3) is 0.174. The number of aryl methyl sites for hydroxylation is 2. The van der Waals surface area contributed by atoms with Crippen LogP contribution in [0.15, 0.2) is 64.5 Å². The molecule has 30 heavy (non-hydrogen) atoms. The Morgan fingerprint density at radius 3 is 2.53 bits per heavy atom. The number of hydrogen-bond acceptors (Lipinski definition) is 5. The maximum Gasteiger partial charge on any atom is 0.266 e. The van der Waals surface area contributed by atoms with E-state index in [2.05, 4.69) is 9.97 Å². The first-order valence-electron chi connectivity index (χ1n) is 9.46. The third-order valence-electron chi connectivity index (χ3n) is 4.86. The topological polar surface area (TPSA) is 77.0 Å². The number of aromatic nitrogens is 3. The molecule has 2 aromatic carbocycles. The predicted octanol–water partition coefficient (Wildman–Crippen LogP) is 4.31. The minimum Gasteiger partial charge on any atom is -0.497 e. The highest BCUT2D eigenvalue weighted by atomic mass is 32.2. The number of para-hydroxylation sites is 1. The molecule has 6 nitrogen and oxygen atoms in total. The first kappa shape index (κ1) is 20.0. The van der Waals surface area contributed by atoms with Crippen molar-refractivity contribution in [2.45, 2.75) is 19.0 Å². The number of nitrogens with zero attached hydrogens (tertiary/aromatic N) is 2. The number of carbonyl (C=O) groups excluding carboxylic acids is 1. The van der Waals surface area contributed by atoms with Crippen LogP contribution >= 0.6 is 11.8 Å². The van der Waals surface area contributed by atoms with Crippen molar-refractivity contribution in [3.8, 4) is 11.4 Å². The van der Waals surface area contributed by atoms with Crippen LogP contribution in [0.4, 0.5) is 0 Å². The van der Waals surface area contributed by atoms with Gasteiger partial charge in [-0.25, -0.2) is 4.98 Å². The molecule has 2 aromatic heterocycles. The van der Waals surface area contributed by atoms with Crippen LogP contribution in [-0.2, 0) is 0 Å². The molecular weight excluding hydrogens is 398 g/mol. The van der Waals surface area contributed by atoms with E-state index in [0.29, 0.717) is 33.1 Å². The van der Waals surface area contributed by atoms with Gasteiger partial charge in [0, 0.05) is 17.0 Å². The highest BCUT2D eigenvalue weighted by molar-refractivity contribution is 7.99. The van der Waals surface area contributed by atoms with Gasteiger partial charge in [-0.1, -0.05) is 23.9 Å². The maximum atomic E-state index is 13.3. The van der Waals surface area contributed by atoms with Gasteiger partial charge in [-0.05, 0) is 56.3 Å². The van der Waals surface area contributed by atoms with Gasteiger partial charge in [0.15, 0.2) is 10.9 Å². The number of thioether (sulfide) groups is 1. The minimum atomic E-state index is -0.172. The van der Waals surface area contributed by atoms with Crippen LogP contribution in [0, 0.1) is 13.8 Å². The average molecular weight is 420 g/mol. The molecular formula is C23H21N3O3S. The summed E-state index contributed by atoms with van der Waals surface area (Å²) in [6.45, 7) is 3.80. The molecule has 0 amide bonds. The number of Topliss-reactive ketones (excluding diaryl/α,β-unsaturated/α-hetero) is 1. The maximum absolute atomic E-state index is 13.3. The first-order chi connectivity index (χ1) is 14.5. The van der Waals surface area contributed by atoms with Crippen LogP contribution < -0.4 is 10.3 Å². The number of ketones is 1. The van der Waals surface area contributed by atoms with E-state index in [0.717, 1.165) is 11.4 Å². The molecule has 0 saturated heterocycles. The molecule has 0 saturated carbocycles. The summed E-state index contributed by atoms with van der Waals surface area (Å²) in [5.41, 5.74) is 3.56. The van der Waals surface area contributed by atoms with E-state index >= 15 is 0 Å². The Balaban J connectivity index is 1.76. The number of benzene rings is 2. The minimum absolute atomic E-state index is 0.00876. The number of hydrogen-bond donors (Lipinski definition) is 1. The summed E-state index contributed by atoms with van der Waals surface area (Å²) in [4.78, 5) is 33.9. The van der Waals surface area contributed by atoms with Crippen LogP contribution in [0.1, 0.15) is 21.7 Å². The lowest BCUT2D eigenvalue weighted by Crippen LogP contribution is -2.22. The second-order valence-electron chi connectivity index (χ2n) is 6.95. The number of ether oxygens (including phenoxy) is 1. The van der Waals surface area contributed by atoms with Gasteiger partial charge in [-0.2, -0.15) is 0 Å². The fourth-order valence-electron chi connectivity index (χ4n) is 3.39. The molecule has 7 heteroatoms. The quantitative estimate of drug-likeness (QED) is 0.286. The number of carbonyl (C=O) groups is 1. The van der Waals surface area contributed by atoms with Crippen molar-refractivity contribution in [3.05, 3.63) is 81.9 Å². The molecule has 152 valence electrons. The molecule has 2 heterocycles. The molecule has 4 rings (SSSR count). The van der Waals surface area contributed by atoms with E-state index < -0.39 is 0 Å². The van der Waals surface area contributed by atoms with Crippen LogP contribution in [0.5, 0.6) is 5.75 Å². The molecule has 0 fully saturated rings. The van der Waals surface area contributed by atoms with Gasteiger partial charge in [0.1, 0.15) is 5.75 Å². The van der Waals surface area contributed by atoms with Crippen LogP contribution in [-0.4, -0.2) is 33.2 Å². The van der Waals surface area contributed by atoms with Gasteiger partial charge in [-0.3, -0.25) is 14.2 Å². The van der Waals surface area contributed by atoms with Crippen molar-refractivity contribution < 1.29 is 9.53 Å². The third-order valence-corrected chi connectivity index (χ3v) is 5.80. The molecule has 0 aliphatic carbocycles. The zero-order valence-electron chi connectivity index (χ0n) is 16.9. The normalized spacial score (nSPS) is 11.0. The Kier molecular flexibility index (Phi) is 5.46. The van der Waals surface area contributed by atoms with E-state index in [9.17, 15) is 9.59 Å². The van der Waals surface area contributed by atoms with Crippen LogP contribution in [0.25, 0.3) is 16.6 Å². The molecule has 0 aliphatic heterocycles. The smallest absolute Gasteiger partial charge is 0.266 e. The van der Waals surface area contributed by atoms with Crippen molar-refractivity contribution in [1.82, 2.24) is 14.5 Å². The molecule has 1 N–H and O–H groups in total. The lowest BCUT2D eigenvalue weighted by Gasteiger charge is -2.13. The van der Waals surface area contributed by atoms with E-state index in [1.807, 2.05) is 44.2 Å². The van der Waals surface area contributed by atoms with Crippen molar-refractivity contribution >= 4 is 28.4 Å². The molecule has 0 bridgehead atoms. The van der Waals surface area contributed by atoms with E-state index in [1.165, 1.54) is 11.8 Å². The summed E-state index contributed by atoms with van der Waals surface area (Å²) >= 11 is 1.26. The van der Waals surface area contributed by atoms with Crippen molar-refractivity contribution in [2.24, 2.45) is 0 Å². The molecule has 0 aliphatic rings. The second kappa shape index (κ2) is 8.20. The number of H-pyrrole nitrogens is 1. The van der Waals surface area contributed by atoms with Gasteiger partial charge in [-0.15, -0.1) is 0 Å². The zero-order chi connectivity index (χ0) is 21.3. The van der Waals surface area contributed by atoms with Gasteiger partial charge < -0.3 is 9.72 Å². The number of rotatable bonds is 6. The van der Waals surface area contributed by atoms with Crippen LogP contribution in [0.2, 0.25) is 0 Å². The number of aromatic amines is 1. The summed E-state index contributed by atoms with van der Waals surface area (Å²) < 4.78 is 6.77. The fourth-order valence-corrected chi connectivity index (χ4v) is 4.29. The second-order valence-corrected chi connectivity index (χ2v) is 7.90. The van der Waals surface area contributed by atoms with Crippen molar-refractivity contribution in [3.63, 3.8) is 0 Å². The Hall–Kier alpha value is -3.32. The van der Waals surface area contributed by atoms with Gasteiger partial charge >= 0.3 is 0 Å². The Morgan fingerprint density at radius 2 is 1.87 bits per heavy atom. The Bertz CT molecular complexity index is 1290. The summed E-state index contributed by atoms with van der Waals surface area (Å²) in [5, 5.41) is 1.00. The van der Waals surface area contributed by atoms with E-state index in [-0.39, 0.29) is 17.1 Å².